The Bertz CT molecular complexity index is 546. The van der Waals surface area contributed by atoms with E-state index in [1.807, 2.05) is 6.07 Å². The molecule has 0 fully saturated rings. The van der Waals surface area contributed by atoms with Crippen molar-refractivity contribution in [3.8, 4) is 17.5 Å². The Balaban J connectivity index is 2.54. The molecule has 78 valence electrons. The van der Waals surface area contributed by atoms with E-state index in [1.165, 1.54) is 0 Å². The number of aromatic nitrogens is 2. The molecule has 0 aliphatic heterocycles. The number of rotatable bonds is 2. The summed E-state index contributed by atoms with van der Waals surface area (Å²) in [6.45, 7) is -0.0956. The highest BCUT2D eigenvalue weighted by Crippen LogP contribution is 2.18. The van der Waals surface area contributed by atoms with E-state index in [0.29, 0.717) is 22.6 Å². The van der Waals surface area contributed by atoms with E-state index in [1.54, 1.807) is 36.5 Å². The van der Waals surface area contributed by atoms with E-state index >= 15 is 0 Å². The number of hydrogen-bond donors (Lipinski definition) is 1. The lowest BCUT2D eigenvalue weighted by Crippen LogP contribution is -1.95. The highest BCUT2D eigenvalue weighted by atomic mass is 16.3. The molecule has 0 unspecified atom stereocenters. The summed E-state index contributed by atoms with van der Waals surface area (Å²) in [4.78, 5) is 8.30. The van der Waals surface area contributed by atoms with E-state index in [9.17, 15) is 5.11 Å². The molecule has 0 bridgehead atoms. The highest BCUT2D eigenvalue weighted by molar-refractivity contribution is 5.59. The molecule has 0 amide bonds. The van der Waals surface area contributed by atoms with Gasteiger partial charge in [0.2, 0.25) is 0 Å². The van der Waals surface area contributed by atoms with Gasteiger partial charge in [0.25, 0.3) is 0 Å². The number of nitriles is 1. The smallest absolute Gasteiger partial charge is 0.141 e. The molecule has 0 radical (unpaired) electrons. The van der Waals surface area contributed by atoms with Crippen LogP contribution in [0.1, 0.15) is 11.3 Å². The number of aliphatic hydroxyl groups is 1. The summed E-state index contributed by atoms with van der Waals surface area (Å²) in [5.41, 5.74) is 2.25. The van der Waals surface area contributed by atoms with Crippen LogP contribution in [0.3, 0.4) is 0 Å². The lowest BCUT2D eigenvalue weighted by atomic mass is 10.1. The minimum atomic E-state index is -0.0956. The van der Waals surface area contributed by atoms with Crippen molar-refractivity contribution in [1.82, 2.24) is 9.97 Å². The maximum atomic E-state index is 9.17. The van der Waals surface area contributed by atoms with Crippen molar-refractivity contribution < 1.29 is 5.11 Å². The molecular formula is C12H9N3O. The number of hydrogen-bond acceptors (Lipinski definition) is 4. The van der Waals surface area contributed by atoms with Gasteiger partial charge in [-0.3, -0.25) is 4.98 Å². The third-order valence-corrected chi connectivity index (χ3v) is 2.17. The molecule has 1 N–H and O–H groups in total. The van der Waals surface area contributed by atoms with Gasteiger partial charge in [0.15, 0.2) is 0 Å². The highest BCUT2D eigenvalue weighted by Gasteiger charge is 2.06. The number of pyridine rings is 2. The van der Waals surface area contributed by atoms with Crippen LogP contribution in [0, 0.1) is 11.3 Å². The lowest BCUT2D eigenvalue weighted by Gasteiger charge is -2.04. The maximum Gasteiger partial charge on any atom is 0.141 e. The quantitative estimate of drug-likeness (QED) is 0.817. The monoisotopic (exact) mass is 211 g/mol. The summed E-state index contributed by atoms with van der Waals surface area (Å²) in [5, 5.41) is 17.9. The zero-order valence-electron chi connectivity index (χ0n) is 8.46. The van der Waals surface area contributed by atoms with Gasteiger partial charge in [-0.1, -0.05) is 12.1 Å². The van der Waals surface area contributed by atoms with Crippen molar-refractivity contribution in [3.63, 3.8) is 0 Å². The van der Waals surface area contributed by atoms with Crippen LogP contribution < -0.4 is 0 Å². The van der Waals surface area contributed by atoms with Gasteiger partial charge in [0.05, 0.1) is 18.0 Å². The molecule has 2 heterocycles. The third-order valence-electron chi connectivity index (χ3n) is 2.17. The summed E-state index contributed by atoms with van der Waals surface area (Å²) in [6.07, 6.45) is 1.63. The van der Waals surface area contributed by atoms with Gasteiger partial charge in [-0.05, 0) is 18.2 Å². The predicted molar refractivity (Wildman–Crippen MR) is 58.1 cm³/mol. The molecule has 0 saturated carbocycles. The second-order valence-corrected chi connectivity index (χ2v) is 3.19. The average Bonchev–Trinajstić information content (AvgIpc) is 2.38. The van der Waals surface area contributed by atoms with Crippen LogP contribution in [0.5, 0.6) is 0 Å². The second kappa shape index (κ2) is 4.51. The molecule has 0 aliphatic rings. The fourth-order valence-corrected chi connectivity index (χ4v) is 1.43. The molecule has 0 aromatic carbocycles. The van der Waals surface area contributed by atoms with Crippen molar-refractivity contribution in [2.45, 2.75) is 6.61 Å². The fourth-order valence-electron chi connectivity index (χ4n) is 1.43. The summed E-state index contributed by atoms with van der Waals surface area (Å²) >= 11 is 0. The van der Waals surface area contributed by atoms with Crippen LogP contribution >= 0.6 is 0 Å². The molecule has 16 heavy (non-hydrogen) atoms. The van der Waals surface area contributed by atoms with Crippen LogP contribution in [0.15, 0.2) is 36.5 Å². The first kappa shape index (κ1) is 10.3. The second-order valence-electron chi connectivity index (χ2n) is 3.19. The Hall–Kier alpha value is -2.25. The molecular weight excluding hydrogens is 202 g/mol. The average molecular weight is 211 g/mol. The zero-order chi connectivity index (χ0) is 11.4. The van der Waals surface area contributed by atoms with Crippen molar-refractivity contribution >= 4 is 0 Å². The van der Waals surface area contributed by atoms with Gasteiger partial charge in [-0.25, -0.2) is 4.98 Å². The first-order valence-corrected chi connectivity index (χ1v) is 4.77. The van der Waals surface area contributed by atoms with Gasteiger partial charge >= 0.3 is 0 Å². The van der Waals surface area contributed by atoms with E-state index in [0.717, 1.165) is 0 Å². The lowest BCUT2D eigenvalue weighted by molar-refractivity contribution is 0.282. The molecule has 2 aromatic rings. The zero-order valence-corrected chi connectivity index (χ0v) is 8.46. The van der Waals surface area contributed by atoms with Gasteiger partial charge in [-0.15, -0.1) is 0 Å². The Morgan fingerprint density at radius 3 is 2.88 bits per heavy atom. The van der Waals surface area contributed by atoms with Gasteiger partial charge < -0.3 is 5.11 Å². The van der Waals surface area contributed by atoms with Crippen LogP contribution in [0.2, 0.25) is 0 Å². The van der Waals surface area contributed by atoms with Crippen LogP contribution in [0.25, 0.3) is 11.4 Å². The first-order chi connectivity index (χ1) is 7.85. The van der Waals surface area contributed by atoms with Crippen LogP contribution in [-0.4, -0.2) is 15.1 Å². The number of nitrogens with zero attached hydrogens (tertiary/aromatic N) is 3. The molecule has 4 heteroatoms. The van der Waals surface area contributed by atoms with E-state index < -0.39 is 0 Å². The minimum Gasteiger partial charge on any atom is -0.392 e. The van der Waals surface area contributed by atoms with Crippen LogP contribution in [-0.2, 0) is 6.61 Å². The summed E-state index contributed by atoms with van der Waals surface area (Å²) in [6, 6.07) is 10.7. The van der Waals surface area contributed by atoms with E-state index in [4.69, 9.17) is 5.26 Å². The minimum absolute atomic E-state index is 0.0956. The Morgan fingerprint density at radius 1 is 1.25 bits per heavy atom. The normalized spacial score (nSPS) is 9.75. The van der Waals surface area contributed by atoms with Gasteiger partial charge in [0, 0.05) is 11.8 Å². The molecule has 0 atom stereocenters. The topological polar surface area (TPSA) is 69.8 Å². The van der Waals surface area contributed by atoms with Crippen molar-refractivity contribution in [2.75, 3.05) is 0 Å². The molecule has 4 nitrogen and oxygen atoms in total. The molecule has 2 aromatic heterocycles. The number of aliphatic hydroxyl groups excluding tert-OH is 1. The Morgan fingerprint density at radius 2 is 2.12 bits per heavy atom. The summed E-state index contributed by atoms with van der Waals surface area (Å²) < 4.78 is 0. The fraction of sp³-hybridized carbons (Fsp3) is 0.0833. The largest absolute Gasteiger partial charge is 0.392 e. The van der Waals surface area contributed by atoms with E-state index in [2.05, 4.69) is 9.97 Å². The summed E-state index contributed by atoms with van der Waals surface area (Å²) in [5.74, 6) is 0. The van der Waals surface area contributed by atoms with Crippen molar-refractivity contribution in [3.05, 3.63) is 47.8 Å². The van der Waals surface area contributed by atoms with E-state index in [-0.39, 0.29) is 6.61 Å². The predicted octanol–water partition coefficient (Wildman–Crippen LogP) is 1.51. The molecule has 0 saturated heterocycles. The molecule has 2 rings (SSSR count). The SMILES string of the molecule is N#Cc1cccc(-c2ncccc2CO)n1. The maximum absolute atomic E-state index is 9.17. The molecule has 0 aliphatic carbocycles. The third kappa shape index (κ3) is 1.90. The first-order valence-electron chi connectivity index (χ1n) is 4.77. The van der Waals surface area contributed by atoms with Crippen molar-refractivity contribution in [1.29, 1.82) is 5.26 Å². The Labute approximate surface area is 92.8 Å². The van der Waals surface area contributed by atoms with Gasteiger partial charge in [-0.2, -0.15) is 5.26 Å². The summed E-state index contributed by atoms with van der Waals surface area (Å²) in [7, 11) is 0. The van der Waals surface area contributed by atoms with Crippen LogP contribution in [0.4, 0.5) is 0 Å². The van der Waals surface area contributed by atoms with Gasteiger partial charge in [0.1, 0.15) is 11.8 Å². The standard InChI is InChI=1S/C12H9N3O/c13-7-10-4-1-5-11(15-10)12-9(8-16)3-2-6-14-12/h1-6,16H,8H2. The Kier molecular flexibility index (Phi) is 2.90. The van der Waals surface area contributed by atoms with Crippen molar-refractivity contribution in [2.24, 2.45) is 0 Å². The molecule has 0 spiro atoms.